The molecule has 1 aliphatic carbocycles. The zero-order valence-electron chi connectivity index (χ0n) is 15.2. The van der Waals surface area contributed by atoms with Crippen molar-refractivity contribution in [2.24, 2.45) is 4.99 Å². The summed E-state index contributed by atoms with van der Waals surface area (Å²) in [4.78, 5) is 15.1. The Morgan fingerprint density at radius 3 is 2.54 bits per heavy atom. The van der Waals surface area contributed by atoms with Crippen molar-refractivity contribution < 1.29 is 9.66 Å². The fourth-order valence-electron chi connectivity index (χ4n) is 3.49. The van der Waals surface area contributed by atoms with E-state index in [1.165, 1.54) is 44.2 Å². The zero-order valence-corrected chi connectivity index (χ0v) is 15.2. The number of guanidine groups is 1. The third kappa shape index (κ3) is 5.69. The molecule has 3 rings (SSSR count). The normalized spacial score (nSPS) is 21.5. The quantitative estimate of drug-likeness (QED) is 0.352. The van der Waals surface area contributed by atoms with Crippen LogP contribution in [0.2, 0.25) is 0 Å². The first kappa shape index (κ1) is 18.6. The number of aliphatic imine (C=N–C) groups is 1. The van der Waals surface area contributed by atoms with Crippen LogP contribution in [0, 0.1) is 10.1 Å². The predicted molar refractivity (Wildman–Crippen MR) is 101 cm³/mol. The van der Waals surface area contributed by atoms with Crippen molar-refractivity contribution in [2.75, 3.05) is 13.2 Å². The van der Waals surface area contributed by atoms with E-state index in [2.05, 4.69) is 15.6 Å². The van der Waals surface area contributed by atoms with Gasteiger partial charge >= 0.3 is 0 Å². The summed E-state index contributed by atoms with van der Waals surface area (Å²) in [5.41, 5.74) is 1.06. The number of nitro benzene ring substituents is 1. The molecule has 7 nitrogen and oxygen atoms in total. The van der Waals surface area contributed by atoms with Crippen LogP contribution in [-0.4, -0.2) is 36.2 Å². The van der Waals surface area contributed by atoms with Crippen molar-refractivity contribution in [3.05, 3.63) is 39.9 Å². The number of ether oxygens (including phenoxy) is 1. The molecule has 142 valence electrons. The Bertz CT molecular complexity index is 606. The molecule has 2 aliphatic rings. The van der Waals surface area contributed by atoms with E-state index in [1.807, 2.05) is 0 Å². The van der Waals surface area contributed by atoms with Gasteiger partial charge in [0.25, 0.3) is 5.69 Å². The predicted octanol–water partition coefficient (Wildman–Crippen LogP) is 3.14. The van der Waals surface area contributed by atoms with Gasteiger partial charge in [0.1, 0.15) is 0 Å². The highest BCUT2D eigenvalue weighted by molar-refractivity contribution is 5.80. The SMILES string of the molecule is O=[N+]([O-])c1ccc(CN=C(NCC2CCCCO2)NC2CCCC2)cc1. The summed E-state index contributed by atoms with van der Waals surface area (Å²) >= 11 is 0. The van der Waals surface area contributed by atoms with Crippen molar-refractivity contribution in [1.29, 1.82) is 0 Å². The largest absolute Gasteiger partial charge is 0.376 e. The average Bonchev–Trinajstić information content (AvgIpc) is 3.18. The van der Waals surface area contributed by atoms with Gasteiger partial charge in [0.15, 0.2) is 5.96 Å². The summed E-state index contributed by atoms with van der Waals surface area (Å²) in [6, 6.07) is 7.06. The highest BCUT2D eigenvalue weighted by atomic mass is 16.6. The Kier molecular flexibility index (Phi) is 6.82. The molecule has 1 unspecified atom stereocenters. The first-order chi connectivity index (χ1) is 12.7. The molecule has 1 heterocycles. The van der Waals surface area contributed by atoms with E-state index < -0.39 is 0 Å². The minimum atomic E-state index is -0.383. The Hall–Kier alpha value is -2.15. The summed E-state index contributed by atoms with van der Waals surface area (Å²) in [5.74, 6) is 0.810. The first-order valence-electron chi connectivity index (χ1n) is 9.60. The van der Waals surface area contributed by atoms with Gasteiger partial charge in [-0.25, -0.2) is 4.99 Å². The van der Waals surface area contributed by atoms with E-state index in [-0.39, 0.29) is 16.7 Å². The number of nitrogens with zero attached hydrogens (tertiary/aromatic N) is 2. The van der Waals surface area contributed by atoms with E-state index in [1.54, 1.807) is 12.1 Å². The molecule has 7 heteroatoms. The molecule has 1 aliphatic heterocycles. The van der Waals surface area contributed by atoms with Gasteiger partial charge in [0.05, 0.1) is 17.6 Å². The number of rotatable bonds is 6. The third-order valence-electron chi connectivity index (χ3n) is 5.03. The van der Waals surface area contributed by atoms with E-state index in [0.717, 1.165) is 37.5 Å². The van der Waals surface area contributed by atoms with Crippen LogP contribution in [0.25, 0.3) is 0 Å². The van der Waals surface area contributed by atoms with Crippen molar-refractivity contribution >= 4 is 11.6 Å². The summed E-state index contributed by atoms with van der Waals surface area (Å²) in [7, 11) is 0. The minimum Gasteiger partial charge on any atom is -0.376 e. The van der Waals surface area contributed by atoms with Crippen LogP contribution < -0.4 is 10.6 Å². The lowest BCUT2D eigenvalue weighted by molar-refractivity contribution is -0.384. The smallest absolute Gasteiger partial charge is 0.269 e. The van der Waals surface area contributed by atoms with Crippen LogP contribution in [0.1, 0.15) is 50.5 Å². The van der Waals surface area contributed by atoms with Crippen molar-refractivity contribution in [2.45, 2.75) is 63.6 Å². The molecule has 26 heavy (non-hydrogen) atoms. The molecule has 2 fully saturated rings. The van der Waals surface area contributed by atoms with Gasteiger partial charge in [-0.15, -0.1) is 0 Å². The zero-order chi connectivity index (χ0) is 18.2. The maximum atomic E-state index is 10.8. The van der Waals surface area contributed by atoms with Crippen LogP contribution in [-0.2, 0) is 11.3 Å². The number of hydrogen-bond donors (Lipinski definition) is 2. The first-order valence-corrected chi connectivity index (χ1v) is 9.60. The topological polar surface area (TPSA) is 88.8 Å². The van der Waals surface area contributed by atoms with Gasteiger partial charge < -0.3 is 15.4 Å². The summed E-state index contributed by atoms with van der Waals surface area (Å²) in [6.45, 7) is 2.10. The molecule has 0 amide bonds. The Morgan fingerprint density at radius 1 is 1.15 bits per heavy atom. The second-order valence-corrected chi connectivity index (χ2v) is 7.08. The number of nitrogens with one attached hydrogen (secondary N) is 2. The standard InChI is InChI=1S/C19H28N4O3/c24-23(25)17-10-8-15(9-11-17)13-20-19(22-16-5-1-2-6-16)21-14-18-7-3-4-12-26-18/h8-11,16,18H,1-7,12-14H2,(H2,20,21,22). The fraction of sp³-hybridized carbons (Fsp3) is 0.632. The molecule has 0 radical (unpaired) electrons. The number of nitro groups is 1. The molecule has 0 spiro atoms. The second-order valence-electron chi connectivity index (χ2n) is 7.08. The van der Waals surface area contributed by atoms with Crippen LogP contribution in [0.3, 0.4) is 0 Å². The molecule has 1 aromatic carbocycles. The Balaban J connectivity index is 1.58. The maximum Gasteiger partial charge on any atom is 0.269 e. The maximum absolute atomic E-state index is 10.8. The summed E-state index contributed by atoms with van der Waals surface area (Å²) in [5, 5.41) is 17.7. The number of hydrogen-bond acceptors (Lipinski definition) is 4. The van der Waals surface area contributed by atoms with Crippen LogP contribution >= 0.6 is 0 Å². The number of non-ortho nitro benzene ring substituents is 1. The summed E-state index contributed by atoms with van der Waals surface area (Å²) in [6.07, 6.45) is 8.59. The van der Waals surface area contributed by atoms with E-state index in [4.69, 9.17) is 4.74 Å². The third-order valence-corrected chi connectivity index (χ3v) is 5.03. The van der Waals surface area contributed by atoms with Gasteiger partial charge in [0.2, 0.25) is 0 Å². The lowest BCUT2D eigenvalue weighted by Gasteiger charge is -2.24. The average molecular weight is 360 g/mol. The van der Waals surface area contributed by atoms with Crippen molar-refractivity contribution in [1.82, 2.24) is 10.6 Å². The molecule has 1 saturated carbocycles. The molecule has 0 bridgehead atoms. The van der Waals surface area contributed by atoms with Gasteiger partial charge in [0, 0.05) is 31.3 Å². The van der Waals surface area contributed by atoms with Gasteiger partial charge in [-0.05, 0) is 37.7 Å². The number of benzene rings is 1. The van der Waals surface area contributed by atoms with E-state index >= 15 is 0 Å². The minimum absolute atomic E-state index is 0.106. The van der Waals surface area contributed by atoms with E-state index in [0.29, 0.717) is 12.6 Å². The lowest BCUT2D eigenvalue weighted by Crippen LogP contribution is -2.45. The van der Waals surface area contributed by atoms with Crippen molar-refractivity contribution in [3.8, 4) is 0 Å². The van der Waals surface area contributed by atoms with Crippen LogP contribution in [0.15, 0.2) is 29.3 Å². The fourth-order valence-corrected chi connectivity index (χ4v) is 3.49. The molecule has 2 N–H and O–H groups in total. The van der Waals surface area contributed by atoms with E-state index in [9.17, 15) is 10.1 Å². The van der Waals surface area contributed by atoms with Crippen LogP contribution in [0.4, 0.5) is 5.69 Å². The second kappa shape index (κ2) is 9.52. The molecule has 1 atom stereocenters. The highest BCUT2D eigenvalue weighted by Crippen LogP contribution is 2.18. The van der Waals surface area contributed by atoms with Gasteiger partial charge in [-0.1, -0.05) is 25.0 Å². The lowest BCUT2D eigenvalue weighted by atomic mass is 10.1. The molecule has 0 aromatic heterocycles. The van der Waals surface area contributed by atoms with Gasteiger partial charge in [-0.3, -0.25) is 10.1 Å². The summed E-state index contributed by atoms with van der Waals surface area (Å²) < 4.78 is 5.79. The monoisotopic (exact) mass is 360 g/mol. The molecular formula is C19H28N4O3. The van der Waals surface area contributed by atoms with Crippen molar-refractivity contribution in [3.63, 3.8) is 0 Å². The van der Waals surface area contributed by atoms with Crippen LogP contribution in [0.5, 0.6) is 0 Å². The molecule has 1 aromatic rings. The Labute approximate surface area is 154 Å². The highest BCUT2D eigenvalue weighted by Gasteiger charge is 2.18. The Morgan fingerprint density at radius 2 is 1.88 bits per heavy atom. The molecular weight excluding hydrogens is 332 g/mol. The molecule has 1 saturated heterocycles. The van der Waals surface area contributed by atoms with Gasteiger partial charge in [-0.2, -0.15) is 0 Å².